The van der Waals surface area contributed by atoms with E-state index >= 15 is 0 Å². The Morgan fingerprint density at radius 1 is 0.268 bits per heavy atom. The van der Waals surface area contributed by atoms with Crippen molar-refractivity contribution < 1.29 is 0 Å². The lowest BCUT2D eigenvalue weighted by molar-refractivity contribution is 0.523. The minimum absolute atomic E-state index is 0.00238. The predicted molar refractivity (Wildman–Crippen MR) is 478 cm³/mol. The number of hydrogen-bond donors (Lipinski definition) is 0. The van der Waals surface area contributed by atoms with E-state index in [0.29, 0.717) is 0 Å². The van der Waals surface area contributed by atoms with Crippen molar-refractivity contribution in [1.29, 1.82) is 0 Å². The Morgan fingerprint density at radius 3 is 1.37 bits per heavy atom. The van der Waals surface area contributed by atoms with E-state index in [1.807, 2.05) is 0 Å². The van der Waals surface area contributed by atoms with Crippen molar-refractivity contribution >= 4 is 187 Å². The SMILES string of the molecule is CC(C)(C)c1cc2ccc3c4c5c(c6ccc(c1)c2c36)-n1c2ccccc2c2cc(-c3ccc(CC(C)(C)c6cc7ccc8c9c%10c(c%11ccc(c6)c7c8%11)-n6c7cccc(-c8ccccc8)c7c7cccc(c76)B%10n6c7ccccc7c7cccc-9c76)cc3)cc(c21)B5n1c2ccccc2c2cc(-c3ccccc3)cc-4c21. The molecule has 4 aliphatic rings. The van der Waals surface area contributed by atoms with Crippen molar-refractivity contribution in [3.05, 3.63) is 326 Å². The molecule has 19 aromatic carbocycles. The Hall–Kier alpha value is -13.4. The molecule has 0 saturated carbocycles. The summed E-state index contributed by atoms with van der Waals surface area (Å²) in [5.41, 5.74) is 34.9. The summed E-state index contributed by atoms with van der Waals surface area (Å²) in [6.07, 6.45) is 0.875. The van der Waals surface area contributed by atoms with Crippen LogP contribution in [0.5, 0.6) is 0 Å². The first-order chi connectivity index (χ1) is 55.0. The van der Waals surface area contributed by atoms with Crippen molar-refractivity contribution in [1.82, 2.24) is 18.1 Å². The fourth-order valence-corrected chi connectivity index (χ4v) is 22.8. The van der Waals surface area contributed by atoms with Gasteiger partial charge in [0.15, 0.2) is 0 Å². The summed E-state index contributed by atoms with van der Waals surface area (Å²) in [6.45, 7) is 11.8. The van der Waals surface area contributed by atoms with Crippen LogP contribution < -0.4 is 21.9 Å². The molecule has 0 amide bonds. The maximum atomic E-state index is 2.76. The molecule has 0 saturated heterocycles. The van der Waals surface area contributed by atoms with Crippen LogP contribution in [0, 0.1) is 0 Å². The average molecular weight is 1420 g/mol. The number of rotatable bonds is 6. The van der Waals surface area contributed by atoms with Crippen molar-refractivity contribution in [2.24, 2.45) is 0 Å². The Balaban J connectivity index is 0.626. The highest BCUT2D eigenvalue weighted by Crippen LogP contribution is 2.55. The van der Waals surface area contributed by atoms with Gasteiger partial charge in [-0.15, -0.1) is 0 Å². The van der Waals surface area contributed by atoms with Gasteiger partial charge < -0.3 is 18.1 Å². The second-order valence-electron chi connectivity index (χ2n) is 34.6. The van der Waals surface area contributed by atoms with Gasteiger partial charge in [-0.1, -0.05) is 302 Å². The third-order valence-corrected chi connectivity index (χ3v) is 27.4. The molecule has 4 nitrogen and oxygen atoms in total. The van der Waals surface area contributed by atoms with Crippen molar-refractivity contribution in [3.63, 3.8) is 0 Å². The monoisotopic (exact) mass is 1420 g/mol. The van der Waals surface area contributed by atoms with Crippen LogP contribution in [0.15, 0.2) is 309 Å². The summed E-state index contributed by atoms with van der Waals surface area (Å²) in [5.74, 6) is 0. The smallest absolute Gasteiger partial charge is 0.333 e. The first kappa shape index (κ1) is 60.5. The van der Waals surface area contributed by atoms with E-state index in [1.165, 1.54) is 257 Å². The molecule has 0 unspecified atom stereocenters. The third kappa shape index (κ3) is 7.43. The van der Waals surface area contributed by atoms with E-state index < -0.39 is 0 Å². The molecule has 8 heterocycles. The summed E-state index contributed by atoms with van der Waals surface area (Å²) in [5, 5.41) is 26.2. The number of para-hydroxylation sites is 5. The number of nitrogens with zero attached hydrogens (tertiary/aromatic N) is 4. The van der Waals surface area contributed by atoms with Gasteiger partial charge in [0.1, 0.15) is 0 Å². The zero-order valence-electron chi connectivity index (χ0n) is 62.6. The number of fused-ring (bicyclic) bond motifs is 24. The number of hydrogen-bond acceptors (Lipinski definition) is 0. The van der Waals surface area contributed by atoms with Crippen LogP contribution in [0.4, 0.5) is 0 Å². The maximum Gasteiger partial charge on any atom is 0.333 e. The number of aromatic nitrogens is 4. The van der Waals surface area contributed by atoms with Gasteiger partial charge in [-0.05, 0) is 186 Å². The van der Waals surface area contributed by atoms with Gasteiger partial charge in [0, 0.05) is 97.8 Å². The van der Waals surface area contributed by atoms with E-state index in [0.717, 1.165) is 6.42 Å². The van der Waals surface area contributed by atoms with Crippen LogP contribution in [0.3, 0.4) is 0 Å². The summed E-state index contributed by atoms with van der Waals surface area (Å²) in [6, 6.07) is 120. The zero-order chi connectivity index (χ0) is 73.4. The summed E-state index contributed by atoms with van der Waals surface area (Å²) in [7, 11) is 0. The molecule has 0 aliphatic carbocycles. The van der Waals surface area contributed by atoms with Crippen LogP contribution in [-0.4, -0.2) is 31.8 Å². The maximum absolute atomic E-state index is 2.76. The molecule has 23 aromatic rings. The summed E-state index contributed by atoms with van der Waals surface area (Å²) < 4.78 is 10.9. The molecule has 6 heteroatoms. The van der Waals surface area contributed by atoms with E-state index in [1.54, 1.807) is 0 Å². The van der Waals surface area contributed by atoms with Gasteiger partial charge >= 0.3 is 13.7 Å². The first-order valence-electron chi connectivity index (χ1n) is 40.0. The van der Waals surface area contributed by atoms with Gasteiger partial charge in [0.25, 0.3) is 0 Å². The van der Waals surface area contributed by atoms with E-state index in [2.05, 4.69) is 362 Å². The Kier molecular flexibility index (Phi) is 11.2. The van der Waals surface area contributed by atoms with Gasteiger partial charge in [0.05, 0.1) is 33.4 Å². The molecule has 0 fully saturated rings. The minimum Gasteiger partial charge on any atom is -0.375 e. The predicted octanol–water partition coefficient (Wildman–Crippen LogP) is 24.6. The molecule has 112 heavy (non-hydrogen) atoms. The van der Waals surface area contributed by atoms with Gasteiger partial charge in [-0.25, -0.2) is 0 Å². The van der Waals surface area contributed by atoms with E-state index in [-0.39, 0.29) is 24.5 Å². The largest absolute Gasteiger partial charge is 0.375 e. The third-order valence-electron chi connectivity index (χ3n) is 27.4. The summed E-state index contributed by atoms with van der Waals surface area (Å²) in [4.78, 5) is 0. The Morgan fingerprint density at radius 2 is 0.723 bits per heavy atom. The highest BCUT2D eigenvalue weighted by molar-refractivity contribution is 6.92. The minimum atomic E-state index is -0.217. The molecule has 0 spiro atoms. The van der Waals surface area contributed by atoms with Crippen LogP contribution in [0.2, 0.25) is 0 Å². The topological polar surface area (TPSA) is 19.7 Å². The van der Waals surface area contributed by atoms with Crippen LogP contribution in [-0.2, 0) is 17.3 Å². The fraction of sp³-hybridized carbons (Fsp3) is 0.0755. The molecule has 0 N–H and O–H groups in total. The van der Waals surface area contributed by atoms with E-state index in [4.69, 9.17) is 0 Å². The molecule has 0 radical (unpaired) electrons. The zero-order valence-corrected chi connectivity index (χ0v) is 62.6. The number of benzene rings is 19. The first-order valence-corrected chi connectivity index (χ1v) is 40.0. The average Bonchev–Trinajstić information content (AvgIpc) is 1.39. The van der Waals surface area contributed by atoms with Gasteiger partial charge in [-0.2, -0.15) is 0 Å². The molecular weight excluding hydrogens is 1350 g/mol. The van der Waals surface area contributed by atoms with Crippen LogP contribution in [0.25, 0.3) is 219 Å². The van der Waals surface area contributed by atoms with Crippen molar-refractivity contribution in [2.75, 3.05) is 0 Å². The molecule has 4 aliphatic heterocycles. The molecule has 0 bridgehead atoms. The second-order valence-corrected chi connectivity index (χ2v) is 34.6. The Bertz CT molecular complexity index is 8240. The van der Waals surface area contributed by atoms with Gasteiger partial charge in [-0.3, -0.25) is 0 Å². The lowest BCUT2D eigenvalue weighted by atomic mass is 9.45. The lowest BCUT2D eigenvalue weighted by Crippen LogP contribution is -2.55. The van der Waals surface area contributed by atoms with E-state index in [9.17, 15) is 0 Å². The molecule has 518 valence electrons. The molecule has 0 atom stereocenters. The quantitative estimate of drug-likeness (QED) is 0.117. The molecule has 27 rings (SSSR count). The van der Waals surface area contributed by atoms with Crippen molar-refractivity contribution in [2.45, 2.75) is 51.9 Å². The van der Waals surface area contributed by atoms with Crippen molar-refractivity contribution in [3.8, 4) is 67.0 Å². The van der Waals surface area contributed by atoms with Crippen LogP contribution in [0.1, 0.15) is 51.3 Å². The lowest BCUT2D eigenvalue weighted by Gasteiger charge is -2.36. The normalized spacial score (nSPS) is 13.6. The Labute approximate surface area is 646 Å². The second kappa shape index (κ2) is 20.7. The highest BCUT2D eigenvalue weighted by Gasteiger charge is 2.47. The van der Waals surface area contributed by atoms with Gasteiger partial charge in [0.2, 0.25) is 0 Å². The van der Waals surface area contributed by atoms with Crippen LogP contribution >= 0.6 is 0 Å². The standard InChI is InChI=1S/C106H68B2N4/c1-105(2,3)68-49-62-41-46-76-94-79(47-43-63(50-68)90(62)94)103-98-96(76)83-55-66(59-21-8-6-9-22-59)53-81-73-27-14-17-35-88(73)112(100(81)83)108(98)85-56-67(54-82-72-26-12-15-33-86(72)109(103)102(82)85)60-39-37-58(38-40-60)57-106(4,5)69-51-64-42-45-75-93-80(48-44-65(52-69)91(64)93)104-97-95(75)78-30-18-29-74-71-25-13-16-34-87(71)111(99(74)78)107(97)84-32-19-31-77-92-70(61-23-10-7-11-24-61)28-20-36-89(92)110(104)101(77)84/h6-56H,57H2,1-5H3. The summed E-state index contributed by atoms with van der Waals surface area (Å²) >= 11 is 0. The fourth-order valence-electron chi connectivity index (χ4n) is 22.8. The molecular formula is C106H68B2N4. The molecule has 4 aromatic heterocycles. The highest BCUT2D eigenvalue weighted by atomic mass is 15.0.